The zero-order chi connectivity index (χ0) is 15.7. The maximum atomic E-state index is 12.8. The number of nitrogen functional groups attached to an aromatic ring is 1. The van der Waals surface area contributed by atoms with Crippen LogP contribution in [0.15, 0.2) is 36.4 Å². The van der Waals surface area contributed by atoms with Gasteiger partial charge in [0.05, 0.1) is 19.8 Å². The summed E-state index contributed by atoms with van der Waals surface area (Å²) in [6.45, 7) is 0.646. The highest BCUT2D eigenvalue weighted by Crippen LogP contribution is 2.33. The van der Waals surface area contributed by atoms with Crippen molar-refractivity contribution in [3.8, 4) is 11.5 Å². The first kappa shape index (κ1) is 14.3. The van der Waals surface area contributed by atoms with Gasteiger partial charge in [-0.25, -0.2) is 0 Å². The number of rotatable bonds is 3. The minimum Gasteiger partial charge on any atom is -0.497 e. The van der Waals surface area contributed by atoms with Crippen molar-refractivity contribution in [2.45, 2.75) is 6.42 Å². The van der Waals surface area contributed by atoms with Gasteiger partial charge < -0.3 is 20.1 Å². The first-order valence-corrected chi connectivity index (χ1v) is 7.06. The van der Waals surface area contributed by atoms with Crippen LogP contribution in [0.4, 0.5) is 11.4 Å². The maximum Gasteiger partial charge on any atom is 0.262 e. The van der Waals surface area contributed by atoms with E-state index < -0.39 is 0 Å². The Bertz CT molecular complexity index is 728. The van der Waals surface area contributed by atoms with Crippen LogP contribution in [0.5, 0.6) is 11.5 Å². The third-order valence-corrected chi connectivity index (χ3v) is 3.88. The molecule has 0 bridgehead atoms. The highest BCUT2D eigenvalue weighted by molar-refractivity contribution is 6.09. The van der Waals surface area contributed by atoms with Gasteiger partial charge in [0, 0.05) is 24.0 Å². The fraction of sp³-hybridized carbons (Fsp3) is 0.235. The lowest BCUT2D eigenvalue weighted by Crippen LogP contribution is -2.29. The Morgan fingerprint density at radius 1 is 1.14 bits per heavy atom. The number of amides is 1. The fourth-order valence-electron chi connectivity index (χ4n) is 2.75. The number of fused-ring (bicyclic) bond motifs is 1. The van der Waals surface area contributed by atoms with E-state index in [1.807, 2.05) is 18.2 Å². The summed E-state index contributed by atoms with van der Waals surface area (Å²) >= 11 is 0. The van der Waals surface area contributed by atoms with Crippen molar-refractivity contribution in [2.24, 2.45) is 0 Å². The molecular formula is C17H18N2O3. The maximum absolute atomic E-state index is 12.8. The number of carbonyl (C=O) groups excluding carboxylic acids is 1. The van der Waals surface area contributed by atoms with Crippen molar-refractivity contribution in [3.05, 3.63) is 47.5 Å². The summed E-state index contributed by atoms with van der Waals surface area (Å²) in [4.78, 5) is 14.6. The quantitative estimate of drug-likeness (QED) is 0.884. The molecule has 2 aromatic rings. The SMILES string of the molecule is COc1ccc(C(=O)N2CCc3cc(N)ccc32)c(OC)c1. The molecule has 2 aromatic carbocycles. The highest BCUT2D eigenvalue weighted by Gasteiger charge is 2.27. The number of nitrogens with zero attached hydrogens (tertiary/aromatic N) is 1. The van der Waals surface area contributed by atoms with Crippen LogP contribution in [0.2, 0.25) is 0 Å². The van der Waals surface area contributed by atoms with Crippen LogP contribution in [0.3, 0.4) is 0 Å². The Kier molecular flexibility index (Phi) is 3.63. The molecule has 0 aliphatic carbocycles. The van der Waals surface area contributed by atoms with Gasteiger partial charge in [-0.05, 0) is 42.3 Å². The number of nitrogens with two attached hydrogens (primary N) is 1. The van der Waals surface area contributed by atoms with Crippen LogP contribution in [-0.4, -0.2) is 26.7 Å². The summed E-state index contributed by atoms with van der Waals surface area (Å²) in [5, 5.41) is 0. The molecule has 114 valence electrons. The highest BCUT2D eigenvalue weighted by atomic mass is 16.5. The first-order valence-electron chi connectivity index (χ1n) is 7.06. The summed E-state index contributed by atoms with van der Waals surface area (Å²) in [7, 11) is 3.13. The van der Waals surface area contributed by atoms with E-state index in [9.17, 15) is 4.79 Å². The van der Waals surface area contributed by atoms with Crippen LogP contribution in [0.1, 0.15) is 15.9 Å². The molecule has 22 heavy (non-hydrogen) atoms. The van der Waals surface area contributed by atoms with Crippen molar-refractivity contribution >= 4 is 17.3 Å². The smallest absolute Gasteiger partial charge is 0.262 e. The minimum absolute atomic E-state index is 0.0805. The van der Waals surface area contributed by atoms with Gasteiger partial charge in [0.25, 0.3) is 5.91 Å². The number of ether oxygens (including phenoxy) is 2. The van der Waals surface area contributed by atoms with Crippen molar-refractivity contribution in [1.29, 1.82) is 0 Å². The van der Waals surface area contributed by atoms with Gasteiger partial charge in [0.15, 0.2) is 0 Å². The Hall–Kier alpha value is -2.69. The number of benzene rings is 2. The molecule has 0 aromatic heterocycles. The molecule has 2 N–H and O–H groups in total. The zero-order valence-electron chi connectivity index (χ0n) is 12.6. The van der Waals surface area contributed by atoms with Gasteiger partial charge in [-0.15, -0.1) is 0 Å². The molecule has 1 aliphatic rings. The second-order valence-electron chi connectivity index (χ2n) is 5.16. The van der Waals surface area contributed by atoms with Crippen LogP contribution < -0.4 is 20.1 Å². The Balaban J connectivity index is 1.96. The molecular weight excluding hydrogens is 280 g/mol. The third-order valence-electron chi connectivity index (χ3n) is 3.88. The standard InChI is InChI=1S/C17H18N2O3/c1-21-13-4-5-14(16(10-13)22-2)17(20)19-8-7-11-9-12(18)3-6-15(11)19/h3-6,9-10H,7-8,18H2,1-2H3. The van der Waals surface area contributed by atoms with Crippen molar-refractivity contribution < 1.29 is 14.3 Å². The average molecular weight is 298 g/mol. The van der Waals surface area contributed by atoms with Crippen LogP contribution in [0.25, 0.3) is 0 Å². The molecule has 0 spiro atoms. The van der Waals surface area contributed by atoms with E-state index in [0.29, 0.717) is 23.6 Å². The van der Waals surface area contributed by atoms with E-state index in [1.54, 1.807) is 37.3 Å². The molecule has 0 atom stereocenters. The second-order valence-corrected chi connectivity index (χ2v) is 5.16. The predicted octanol–water partition coefficient (Wildman–Crippen LogP) is 2.49. The largest absolute Gasteiger partial charge is 0.497 e. The average Bonchev–Trinajstić information content (AvgIpc) is 2.96. The van der Waals surface area contributed by atoms with Crippen LogP contribution >= 0.6 is 0 Å². The first-order chi connectivity index (χ1) is 10.6. The van der Waals surface area contributed by atoms with Gasteiger partial charge in [0.1, 0.15) is 11.5 Å². The zero-order valence-corrected chi connectivity index (χ0v) is 12.6. The van der Waals surface area contributed by atoms with Gasteiger partial charge in [0.2, 0.25) is 0 Å². The summed E-state index contributed by atoms with van der Waals surface area (Å²) < 4.78 is 10.5. The molecule has 5 heteroatoms. The van der Waals surface area contributed by atoms with Gasteiger partial charge in [-0.1, -0.05) is 0 Å². The van der Waals surface area contributed by atoms with E-state index in [2.05, 4.69) is 0 Å². The normalized spacial score (nSPS) is 12.9. The minimum atomic E-state index is -0.0805. The van der Waals surface area contributed by atoms with Crippen molar-refractivity contribution in [2.75, 3.05) is 31.4 Å². The van der Waals surface area contributed by atoms with E-state index in [-0.39, 0.29) is 5.91 Å². The molecule has 5 nitrogen and oxygen atoms in total. The number of carbonyl (C=O) groups is 1. The number of methoxy groups -OCH3 is 2. The van der Waals surface area contributed by atoms with Crippen molar-refractivity contribution in [3.63, 3.8) is 0 Å². The van der Waals surface area contributed by atoms with E-state index in [4.69, 9.17) is 15.2 Å². The summed E-state index contributed by atoms with van der Waals surface area (Å²) in [6, 6.07) is 10.8. The molecule has 0 radical (unpaired) electrons. The predicted molar refractivity (Wildman–Crippen MR) is 85.8 cm³/mol. The molecule has 3 rings (SSSR count). The Morgan fingerprint density at radius 2 is 1.95 bits per heavy atom. The molecule has 1 aliphatic heterocycles. The van der Waals surface area contributed by atoms with E-state index in [0.717, 1.165) is 23.4 Å². The van der Waals surface area contributed by atoms with Crippen molar-refractivity contribution in [1.82, 2.24) is 0 Å². The second kappa shape index (κ2) is 5.60. The monoisotopic (exact) mass is 298 g/mol. The third kappa shape index (κ3) is 2.35. The Labute approximate surface area is 129 Å². The number of anilines is 2. The molecule has 0 saturated heterocycles. The van der Waals surface area contributed by atoms with Gasteiger partial charge in [-0.2, -0.15) is 0 Å². The lowest BCUT2D eigenvalue weighted by molar-refractivity contribution is 0.0986. The molecule has 0 fully saturated rings. The summed E-state index contributed by atoms with van der Waals surface area (Å²) in [6.07, 6.45) is 0.810. The summed E-state index contributed by atoms with van der Waals surface area (Å²) in [5.74, 6) is 1.08. The summed E-state index contributed by atoms with van der Waals surface area (Å²) in [5.41, 5.74) is 9.05. The van der Waals surface area contributed by atoms with Crippen LogP contribution in [0, 0.1) is 0 Å². The van der Waals surface area contributed by atoms with Crippen LogP contribution in [-0.2, 0) is 6.42 Å². The lowest BCUT2D eigenvalue weighted by Gasteiger charge is -2.19. The topological polar surface area (TPSA) is 64.8 Å². The number of hydrogen-bond donors (Lipinski definition) is 1. The van der Waals surface area contributed by atoms with E-state index >= 15 is 0 Å². The molecule has 1 heterocycles. The fourth-order valence-corrected chi connectivity index (χ4v) is 2.75. The van der Waals surface area contributed by atoms with Gasteiger partial charge >= 0.3 is 0 Å². The lowest BCUT2D eigenvalue weighted by atomic mass is 10.1. The van der Waals surface area contributed by atoms with E-state index in [1.165, 1.54) is 0 Å². The van der Waals surface area contributed by atoms with Gasteiger partial charge in [-0.3, -0.25) is 4.79 Å². The molecule has 0 saturated carbocycles. The molecule has 0 unspecified atom stereocenters. The molecule has 1 amide bonds. The Morgan fingerprint density at radius 3 is 2.68 bits per heavy atom. The number of hydrogen-bond acceptors (Lipinski definition) is 4.